The van der Waals surface area contributed by atoms with Crippen LogP contribution in [0.15, 0.2) is 23.3 Å². The lowest BCUT2D eigenvalue weighted by molar-refractivity contribution is 0.290. The second-order valence-corrected chi connectivity index (χ2v) is 7.17. The van der Waals surface area contributed by atoms with Crippen molar-refractivity contribution in [2.45, 2.75) is 46.7 Å². The van der Waals surface area contributed by atoms with Crippen LogP contribution in [0.3, 0.4) is 0 Å². The summed E-state index contributed by atoms with van der Waals surface area (Å²) >= 11 is 1.82. The van der Waals surface area contributed by atoms with Crippen molar-refractivity contribution < 1.29 is 0 Å². The third kappa shape index (κ3) is 3.96. The molecule has 1 aliphatic rings. The third-order valence-electron chi connectivity index (χ3n) is 3.48. The minimum atomic E-state index is 0.280. The number of aromatic nitrogens is 1. The lowest BCUT2D eigenvalue weighted by Crippen LogP contribution is -2.46. The lowest BCUT2D eigenvalue weighted by Gasteiger charge is -2.35. The molecule has 0 spiro atoms. The molecule has 4 heteroatoms. The summed E-state index contributed by atoms with van der Waals surface area (Å²) in [4.78, 5) is 9.07. The van der Waals surface area contributed by atoms with Gasteiger partial charge in [0.15, 0.2) is 5.17 Å². The number of pyridine rings is 1. The highest BCUT2D eigenvalue weighted by Gasteiger charge is 2.28. The van der Waals surface area contributed by atoms with Crippen molar-refractivity contribution in [3.05, 3.63) is 29.6 Å². The Morgan fingerprint density at radius 1 is 1.47 bits per heavy atom. The number of thioether (sulfide) groups is 1. The average Bonchev–Trinajstić information content (AvgIpc) is 2.37. The molecule has 0 aromatic carbocycles. The van der Waals surface area contributed by atoms with Gasteiger partial charge < -0.3 is 5.32 Å². The molecule has 2 heterocycles. The van der Waals surface area contributed by atoms with Gasteiger partial charge in [0.1, 0.15) is 0 Å². The van der Waals surface area contributed by atoms with E-state index in [1.807, 2.05) is 24.0 Å². The quantitative estimate of drug-likeness (QED) is 0.900. The van der Waals surface area contributed by atoms with E-state index < -0.39 is 0 Å². The number of aryl methyl sites for hydroxylation is 1. The lowest BCUT2D eigenvalue weighted by atomic mass is 9.85. The molecule has 0 amide bonds. The number of hydrogen-bond donors (Lipinski definition) is 1. The number of nitrogens with zero attached hydrogens (tertiary/aromatic N) is 2. The fraction of sp³-hybridized carbons (Fsp3) is 0.600. The van der Waals surface area contributed by atoms with Gasteiger partial charge in [-0.2, -0.15) is 0 Å². The molecule has 1 N–H and O–H groups in total. The van der Waals surface area contributed by atoms with Crippen LogP contribution in [0.2, 0.25) is 0 Å². The van der Waals surface area contributed by atoms with Gasteiger partial charge in [0.2, 0.25) is 0 Å². The molecule has 1 aromatic rings. The van der Waals surface area contributed by atoms with Crippen molar-refractivity contribution in [1.29, 1.82) is 0 Å². The molecule has 19 heavy (non-hydrogen) atoms. The predicted octanol–water partition coefficient (Wildman–Crippen LogP) is 3.39. The van der Waals surface area contributed by atoms with Gasteiger partial charge in [-0.15, -0.1) is 0 Å². The monoisotopic (exact) mass is 277 g/mol. The Balaban J connectivity index is 2.02. The van der Waals surface area contributed by atoms with Crippen molar-refractivity contribution in [3.63, 3.8) is 0 Å². The van der Waals surface area contributed by atoms with E-state index in [9.17, 15) is 0 Å². The van der Waals surface area contributed by atoms with Gasteiger partial charge in [0, 0.05) is 18.0 Å². The van der Waals surface area contributed by atoms with Crippen LogP contribution in [-0.2, 0) is 6.54 Å². The molecule has 1 unspecified atom stereocenters. The standard InChI is InChI=1S/C15H23N3S/c1-11-6-5-8-16-12(11)10-17-14-18-13(7-9-19-14)15(2,3)4/h5-6,8,13H,7,9-10H2,1-4H3,(H,17,18). The van der Waals surface area contributed by atoms with Gasteiger partial charge >= 0.3 is 0 Å². The fourth-order valence-electron chi connectivity index (χ4n) is 2.11. The van der Waals surface area contributed by atoms with Crippen molar-refractivity contribution in [2.75, 3.05) is 5.75 Å². The molecule has 1 saturated heterocycles. The molecular formula is C15H23N3S. The molecule has 1 fully saturated rings. The Labute approximate surface area is 120 Å². The summed E-state index contributed by atoms with van der Waals surface area (Å²) in [5, 5.41) is 4.63. The molecule has 3 nitrogen and oxygen atoms in total. The Bertz CT molecular complexity index is 463. The van der Waals surface area contributed by atoms with Gasteiger partial charge in [-0.05, 0) is 30.4 Å². The third-order valence-corrected chi connectivity index (χ3v) is 4.44. The van der Waals surface area contributed by atoms with Crippen LogP contribution in [-0.4, -0.2) is 21.9 Å². The molecule has 1 atom stereocenters. The topological polar surface area (TPSA) is 37.3 Å². The summed E-state index contributed by atoms with van der Waals surface area (Å²) in [6, 6.07) is 4.56. The number of rotatable bonds is 2. The van der Waals surface area contributed by atoms with E-state index in [2.05, 4.69) is 49.1 Å². The minimum Gasteiger partial charge on any atom is -0.362 e. The summed E-state index contributed by atoms with van der Waals surface area (Å²) in [6.45, 7) is 9.59. The van der Waals surface area contributed by atoms with Gasteiger partial charge in [-0.1, -0.05) is 38.6 Å². The van der Waals surface area contributed by atoms with Gasteiger partial charge in [0.05, 0.1) is 12.2 Å². The maximum absolute atomic E-state index is 4.68. The highest BCUT2D eigenvalue weighted by atomic mass is 32.2. The second kappa shape index (κ2) is 5.95. The molecule has 0 saturated carbocycles. The van der Waals surface area contributed by atoms with Gasteiger partial charge in [0.25, 0.3) is 0 Å². The van der Waals surface area contributed by atoms with Crippen molar-refractivity contribution in [3.8, 4) is 0 Å². The van der Waals surface area contributed by atoms with E-state index in [1.165, 1.54) is 12.0 Å². The molecule has 0 aliphatic carbocycles. The normalized spacial score (nSPS) is 22.3. The van der Waals surface area contributed by atoms with E-state index in [1.54, 1.807) is 0 Å². The highest BCUT2D eigenvalue weighted by molar-refractivity contribution is 8.13. The number of amidine groups is 1. The first kappa shape index (κ1) is 14.4. The molecule has 1 aliphatic heterocycles. The smallest absolute Gasteiger partial charge is 0.157 e. The maximum Gasteiger partial charge on any atom is 0.157 e. The SMILES string of the molecule is Cc1cccnc1CN=C1NC(C(C)(C)C)CCS1. The van der Waals surface area contributed by atoms with Crippen LogP contribution in [0, 0.1) is 12.3 Å². The Morgan fingerprint density at radius 3 is 2.95 bits per heavy atom. The summed E-state index contributed by atoms with van der Waals surface area (Å²) in [7, 11) is 0. The van der Waals surface area contributed by atoms with E-state index in [-0.39, 0.29) is 5.41 Å². The van der Waals surface area contributed by atoms with E-state index in [0.29, 0.717) is 12.6 Å². The number of nitrogens with one attached hydrogen (secondary N) is 1. The van der Waals surface area contributed by atoms with Crippen LogP contribution in [0.4, 0.5) is 0 Å². The molecule has 104 valence electrons. The molecule has 0 radical (unpaired) electrons. The van der Waals surface area contributed by atoms with Crippen LogP contribution < -0.4 is 5.32 Å². The van der Waals surface area contributed by atoms with Crippen molar-refractivity contribution in [1.82, 2.24) is 10.3 Å². The number of aliphatic imine (C=N–C) groups is 1. The zero-order chi connectivity index (χ0) is 13.9. The first-order valence-electron chi connectivity index (χ1n) is 6.81. The van der Waals surface area contributed by atoms with E-state index in [4.69, 9.17) is 0 Å². The number of hydrogen-bond acceptors (Lipinski definition) is 3. The first-order valence-corrected chi connectivity index (χ1v) is 7.79. The van der Waals surface area contributed by atoms with Crippen LogP contribution in [0.1, 0.15) is 38.4 Å². The largest absolute Gasteiger partial charge is 0.362 e. The Morgan fingerprint density at radius 2 is 2.26 bits per heavy atom. The zero-order valence-corrected chi connectivity index (χ0v) is 13.0. The summed E-state index contributed by atoms with van der Waals surface area (Å²) in [5.41, 5.74) is 2.55. The summed E-state index contributed by atoms with van der Waals surface area (Å²) < 4.78 is 0. The molecule has 0 bridgehead atoms. The Hall–Kier alpha value is -1.03. The summed E-state index contributed by atoms with van der Waals surface area (Å²) in [6.07, 6.45) is 3.04. The van der Waals surface area contributed by atoms with Crippen LogP contribution in [0.25, 0.3) is 0 Å². The van der Waals surface area contributed by atoms with E-state index >= 15 is 0 Å². The predicted molar refractivity (Wildman–Crippen MR) is 83.6 cm³/mol. The first-order chi connectivity index (χ1) is 8.97. The maximum atomic E-state index is 4.68. The molecular weight excluding hydrogens is 254 g/mol. The van der Waals surface area contributed by atoms with Crippen molar-refractivity contribution in [2.24, 2.45) is 10.4 Å². The van der Waals surface area contributed by atoms with Gasteiger partial charge in [-0.25, -0.2) is 0 Å². The highest BCUT2D eigenvalue weighted by Crippen LogP contribution is 2.27. The Kier molecular flexibility index (Phi) is 4.50. The molecule has 2 rings (SSSR count). The average molecular weight is 277 g/mol. The fourth-order valence-corrected chi connectivity index (χ4v) is 3.04. The molecule has 1 aromatic heterocycles. The second-order valence-electron chi connectivity index (χ2n) is 6.09. The van der Waals surface area contributed by atoms with Crippen molar-refractivity contribution >= 4 is 16.9 Å². The minimum absolute atomic E-state index is 0.280. The van der Waals surface area contributed by atoms with E-state index in [0.717, 1.165) is 16.6 Å². The van der Waals surface area contributed by atoms with Gasteiger partial charge in [-0.3, -0.25) is 9.98 Å². The van der Waals surface area contributed by atoms with Crippen LogP contribution in [0.5, 0.6) is 0 Å². The summed E-state index contributed by atoms with van der Waals surface area (Å²) in [5.74, 6) is 1.15. The van der Waals surface area contributed by atoms with Crippen LogP contribution >= 0.6 is 11.8 Å². The zero-order valence-electron chi connectivity index (χ0n) is 12.2.